The van der Waals surface area contributed by atoms with E-state index in [-0.39, 0.29) is 23.1 Å². The molecule has 38 heavy (non-hydrogen) atoms. The van der Waals surface area contributed by atoms with Crippen molar-refractivity contribution in [1.29, 1.82) is 0 Å². The second-order valence-electron chi connectivity index (χ2n) is 8.43. The molecule has 0 spiro atoms. The number of morpholine rings is 1. The van der Waals surface area contributed by atoms with Crippen LogP contribution in [0.5, 0.6) is 5.75 Å². The van der Waals surface area contributed by atoms with Crippen LogP contribution in [0, 0.1) is 12.4 Å². The summed E-state index contributed by atoms with van der Waals surface area (Å²) in [6, 6.07) is 19.5. The smallest absolute Gasteiger partial charge is 0.250 e. The third-order valence-corrected chi connectivity index (χ3v) is 6.23. The molecule has 0 atom stereocenters. The number of benzene rings is 3. The monoisotopic (exact) mass is 530 g/mol. The van der Waals surface area contributed by atoms with Crippen molar-refractivity contribution in [2.75, 3.05) is 41.8 Å². The van der Waals surface area contributed by atoms with Crippen LogP contribution >= 0.6 is 11.6 Å². The summed E-state index contributed by atoms with van der Waals surface area (Å²) in [6.45, 7) is 10.9. The first-order chi connectivity index (χ1) is 18.6. The number of nitrogens with zero attached hydrogens (tertiary/aromatic N) is 4. The van der Waals surface area contributed by atoms with Gasteiger partial charge in [0, 0.05) is 35.7 Å². The SMILES string of the molecule is [C-]#[N+]c1c(Nc2nc(Nc3ccc(N4CCOCC4)cc3)ncc2Cl)cccc1OCc1ccccc1F. The van der Waals surface area contributed by atoms with Gasteiger partial charge in [0.15, 0.2) is 5.82 Å². The van der Waals surface area contributed by atoms with Crippen molar-refractivity contribution in [3.63, 3.8) is 0 Å². The summed E-state index contributed by atoms with van der Waals surface area (Å²) < 4.78 is 25.2. The van der Waals surface area contributed by atoms with Gasteiger partial charge in [-0.25, -0.2) is 14.2 Å². The molecule has 4 aromatic rings. The van der Waals surface area contributed by atoms with Gasteiger partial charge < -0.3 is 25.0 Å². The molecule has 2 N–H and O–H groups in total. The van der Waals surface area contributed by atoms with Crippen LogP contribution in [0.1, 0.15) is 5.56 Å². The number of hydrogen-bond acceptors (Lipinski definition) is 7. The molecule has 0 bridgehead atoms. The fourth-order valence-electron chi connectivity index (χ4n) is 3.97. The van der Waals surface area contributed by atoms with E-state index in [4.69, 9.17) is 27.6 Å². The van der Waals surface area contributed by atoms with Gasteiger partial charge in [-0.05, 0) is 42.5 Å². The Morgan fingerprint density at radius 2 is 1.82 bits per heavy atom. The van der Waals surface area contributed by atoms with Gasteiger partial charge in [0.25, 0.3) is 5.69 Å². The van der Waals surface area contributed by atoms with Crippen molar-refractivity contribution in [2.45, 2.75) is 6.61 Å². The molecule has 0 unspecified atom stereocenters. The number of hydrogen-bond donors (Lipinski definition) is 2. The third-order valence-electron chi connectivity index (χ3n) is 5.95. The molecule has 10 heteroatoms. The van der Waals surface area contributed by atoms with Crippen molar-refractivity contribution in [3.05, 3.63) is 101 Å². The summed E-state index contributed by atoms with van der Waals surface area (Å²) in [4.78, 5) is 14.7. The van der Waals surface area contributed by atoms with Crippen molar-refractivity contribution in [3.8, 4) is 5.75 Å². The van der Waals surface area contributed by atoms with Gasteiger partial charge >= 0.3 is 0 Å². The molecule has 0 radical (unpaired) electrons. The Labute approximate surface area is 224 Å². The van der Waals surface area contributed by atoms with E-state index in [2.05, 4.69) is 30.3 Å². The summed E-state index contributed by atoms with van der Waals surface area (Å²) >= 11 is 6.37. The molecular formula is C28H24ClFN6O2. The number of rotatable bonds is 8. The Kier molecular flexibility index (Phi) is 7.83. The Hall–Kier alpha value is -4.39. The standard InChI is InChI=1S/C28H24ClFN6O2/c1-31-26-24(7-4-8-25(26)38-18-19-5-2-3-6-23(19)30)34-27-22(29)17-32-28(35-27)33-20-9-11-21(12-10-20)36-13-15-37-16-14-36/h2-12,17H,13-16,18H2,(H2,32,33,34,35). The van der Waals surface area contributed by atoms with Gasteiger partial charge in [-0.2, -0.15) is 4.98 Å². The van der Waals surface area contributed by atoms with Crippen LogP contribution < -0.4 is 20.3 Å². The fourth-order valence-corrected chi connectivity index (χ4v) is 4.11. The summed E-state index contributed by atoms with van der Waals surface area (Å²) in [5.41, 5.74) is 3.02. The zero-order valence-electron chi connectivity index (χ0n) is 20.3. The zero-order valence-corrected chi connectivity index (χ0v) is 21.1. The lowest BCUT2D eigenvalue weighted by molar-refractivity contribution is 0.122. The van der Waals surface area contributed by atoms with Crippen LogP contribution in [0.2, 0.25) is 5.02 Å². The molecule has 192 valence electrons. The van der Waals surface area contributed by atoms with E-state index in [1.165, 1.54) is 12.3 Å². The summed E-state index contributed by atoms with van der Waals surface area (Å²) in [7, 11) is 0. The van der Waals surface area contributed by atoms with E-state index in [0.29, 0.717) is 28.8 Å². The Bertz CT molecular complexity index is 1450. The lowest BCUT2D eigenvalue weighted by Crippen LogP contribution is -2.36. The summed E-state index contributed by atoms with van der Waals surface area (Å²) in [5.74, 6) is 0.615. The average Bonchev–Trinajstić information content (AvgIpc) is 2.95. The Morgan fingerprint density at radius 1 is 1.03 bits per heavy atom. The number of ether oxygens (including phenoxy) is 2. The molecular weight excluding hydrogens is 507 g/mol. The molecule has 2 heterocycles. The van der Waals surface area contributed by atoms with Crippen LogP contribution in [0.3, 0.4) is 0 Å². The van der Waals surface area contributed by atoms with Gasteiger partial charge in [-0.15, -0.1) is 0 Å². The predicted octanol–water partition coefficient (Wildman–Crippen LogP) is 6.72. The quantitative estimate of drug-likeness (QED) is 0.245. The summed E-state index contributed by atoms with van der Waals surface area (Å²) in [6.07, 6.45) is 1.48. The van der Waals surface area contributed by atoms with Crippen molar-refractivity contribution in [1.82, 2.24) is 9.97 Å². The van der Waals surface area contributed by atoms with Crippen LogP contribution in [-0.2, 0) is 11.3 Å². The number of anilines is 5. The van der Waals surface area contributed by atoms with E-state index < -0.39 is 0 Å². The maximum absolute atomic E-state index is 14.0. The molecule has 1 aliphatic rings. The van der Waals surface area contributed by atoms with E-state index in [1.807, 2.05) is 24.3 Å². The van der Waals surface area contributed by atoms with Crippen LogP contribution in [0.15, 0.2) is 72.9 Å². The van der Waals surface area contributed by atoms with Crippen LogP contribution in [-0.4, -0.2) is 36.3 Å². The molecule has 5 rings (SSSR count). The van der Waals surface area contributed by atoms with Crippen molar-refractivity contribution in [2.24, 2.45) is 0 Å². The number of nitrogens with one attached hydrogen (secondary N) is 2. The highest BCUT2D eigenvalue weighted by atomic mass is 35.5. The second kappa shape index (κ2) is 11.8. The van der Waals surface area contributed by atoms with Crippen molar-refractivity contribution >= 4 is 46.1 Å². The van der Waals surface area contributed by atoms with E-state index in [1.54, 1.807) is 36.4 Å². The molecule has 0 saturated carbocycles. The highest BCUT2D eigenvalue weighted by Gasteiger charge is 2.15. The minimum Gasteiger partial charge on any atom is -0.500 e. The lowest BCUT2D eigenvalue weighted by Gasteiger charge is -2.28. The highest BCUT2D eigenvalue weighted by Crippen LogP contribution is 2.38. The normalized spacial score (nSPS) is 13.0. The minimum absolute atomic E-state index is 0.00863. The van der Waals surface area contributed by atoms with Gasteiger partial charge in [-0.3, -0.25) is 0 Å². The van der Waals surface area contributed by atoms with E-state index >= 15 is 0 Å². The molecule has 8 nitrogen and oxygen atoms in total. The van der Waals surface area contributed by atoms with Crippen LogP contribution in [0.4, 0.5) is 38.9 Å². The first-order valence-electron chi connectivity index (χ1n) is 12.0. The van der Waals surface area contributed by atoms with Gasteiger partial charge in [0.05, 0.1) is 26.0 Å². The van der Waals surface area contributed by atoms with Crippen molar-refractivity contribution < 1.29 is 13.9 Å². The van der Waals surface area contributed by atoms with E-state index in [0.717, 1.165) is 37.7 Å². The summed E-state index contributed by atoms with van der Waals surface area (Å²) in [5, 5.41) is 6.58. The Morgan fingerprint density at radius 3 is 2.58 bits per heavy atom. The first kappa shape index (κ1) is 25.3. The van der Waals surface area contributed by atoms with E-state index in [9.17, 15) is 4.39 Å². The molecule has 0 aliphatic carbocycles. The molecule has 1 aliphatic heterocycles. The molecule has 1 aromatic heterocycles. The van der Waals surface area contributed by atoms with Gasteiger partial charge in [0.2, 0.25) is 5.95 Å². The molecule has 3 aromatic carbocycles. The van der Waals surface area contributed by atoms with Gasteiger partial charge in [-0.1, -0.05) is 35.9 Å². The maximum atomic E-state index is 14.0. The topological polar surface area (TPSA) is 75.9 Å². The van der Waals surface area contributed by atoms with Crippen LogP contribution in [0.25, 0.3) is 4.85 Å². The average molecular weight is 531 g/mol. The zero-order chi connectivity index (χ0) is 26.3. The minimum atomic E-state index is -0.366. The maximum Gasteiger partial charge on any atom is 0.250 e. The van der Waals surface area contributed by atoms with Gasteiger partial charge in [0.1, 0.15) is 23.2 Å². The lowest BCUT2D eigenvalue weighted by atomic mass is 10.2. The predicted molar refractivity (Wildman–Crippen MR) is 147 cm³/mol. The fraction of sp³-hybridized carbons (Fsp3) is 0.179. The second-order valence-corrected chi connectivity index (χ2v) is 8.84. The Balaban J connectivity index is 1.31. The molecule has 0 amide bonds. The number of aromatic nitrogens is 2. The number of halogens is 2. The largest absolute Gasteiger partial charge is 0.500 e. The third kappa shape index (κ3) is 5.94. The number of para-hydroxylation sites is 1. The first-order valence-corrected chi connectivity index (χ1v) is 12.3. The molecule has 1 fully saturated rings. The molecule has 1 saturated heterocycles. The highest BCUT2D eigenvalue weighted by molar-refractivity contribution is 6.33.